The van der Waals surface area contributed by atoms with Crippen molar-refractivity contribution < 1.29 is 0 Å². The Morgan fingerprint density at radius 1 is 0.333 bits per heavy atom. The van der Waals surface area contributed by atoms with E-state index >= 15 is 0 Å². The summed E-state index contributed by atoms with van der Waals surface area (Å²) in [6.07, 6.45) is 33.7. The molecule has 0 aliphatic heterocycles. The zero-order valence-corrected chi connectivity index (χ0v) is 23.4. The van der Waals surface area contributed by atoms with Crippen LogP contribution in [0.3, 0.4) is 0 Å². The van der Waals surface area contributed by atoms with Gasteiger partial charge in [0.05, 0.1) is 0 Å². The zero-order valence-electron chi connectivity index (χ0n) is 21.8. The quantitative estimate of drug-likeness (QED) is 0.0987. The number of rotatable bonds is 24. The van der Waals surface area contributed by atoms with Gasteiger partial charge in [0.15, 0.2) is 0 Å². The number of unbranched alkanes of at least 4 members (excludes halogenated alkanes) is 16. The molecule has 0 aliphatic carbocycles. The zero-order chi connectivity index (χ0) is 22.4. The van der Waals surface area contributed by atoms with Crippen molar-refractivity contribution in [2.45, 2.75) is 156 Å². The summed E-state index contributed by atoms with van der Waals surface area (Å²) >= 11 is 7.72. The monoisotopic (exact) mass is 462 g/mol. The first-order valence-electron chi connectivity index (χ1n) is 14.3. The van der Waals surface area contributed by atoms with Gasteiger partial charge < -0.3 is 0 Å². The molecule has 0 saturated carbocycles. The van der Waals surface area contributed by atoms with Crippen LogP contribution in [-0.2, 0) is 0 Å². The molecule has 0 aromatic rings. The molecule has 0 atom stereocenters. The van der Waals surface area contributed by atoms with Crippen LogP contribution >= 0.6 is 17.2 Å². The van der Waals surface area contributed by atoms with E-state index in [4.69, 9.17) is 11.2 Å². The first-order valence-corrected chi connectivity index (χ1v) is 18.1. The van der Waals surface area contributed by atoms with Gasteiger partial charge in [-0.2, -0.15) is 0 Å². The normalized spacial score (nSPS) is 13.4. The maximum absolute atomic E-state index is 7.72. The van der Waals surface area contributed by atoms with Crippen LogP contribution in [0.25, 0.3) is 0 Å². The summed E-state index contributed by atoms with van der Waals surface area (Å²) in [6, 6.07) is 0. The van der Waals surface area contributed by atoms with E-state index in [1.807, 2.05) is 0 Å². The molecule has 2 heteroatoms. The van der Waals surface area contributed by atoms with Crippen LogP contribution < -0.4 is 0 Å². The van der Waals surface area contributed by atoms with E-state index in [0.717, 1.165) is 0 Å². The number of hydrogen-bond acceptors (Lipinski definition) is 0. The first kappa shape index (κ1) is 30.7. The van der Waals surface area contributed by atoms with Gasteiger partial charge in [-0.15, -0.1) is 0 Å². The third-order valence-corrected chi connectivity index (χ3v) is 15.0. The number of hydrogen-bond donors (Lipinski definition) is 0. The average Bonchev–Trinajstić information content (AvgIpc) is 2.76. The second-order valence-corrected chi connectivity index (χ2v) is 18.7. The van der Waals surface area contributed by atoms with Gasteiger partial charge >= 0.3 is 172 Å². The first-order chi connectivity index (χ1) is 14.5. The minimum atomic E-state index is -1.98. The molecule has 0 aromatic heterocycles. The van der Waals surface area contributed by atoms with Crippen LogP contribution in [0.15, 0.2) is 0 Å². The molecule has 0 N–H and O–H groups in total. The Morgan fingerprint density at radius 2 is 0.567 bits per heavy atom. The van der Waals surface area contributed by atoms with Crippen molar-refractivity contribution in [3.8, 4) is 0 Å². The van der Waals surface area contributed by atoms with E-state index in [9.17, 15) is 0 Å². The third-order valence-electron chi connectivity index (χ3n) is 7.28. The Morgan fingerprint density at radius 3 is 0.867 bits per heavy atom. The van der Waals surface area contributed by atoms with Crippen molar-refractivity contribution >= 4 is 17.2 Å². The molecule has 0 unspecified atom stereocenters. The van der Waals surface area contributed by atoms with E-state index in [1.54, 1.807) is 0 Å². The van der Waals surface area contributed by atoms with Crippen molar-refractivity contribution in [3.63, 3.8) is 0 Å². The van der Waals surface area contributed by atoms with Gasteiger partial charge in [-0.25, -0.2) is 0 Å². The summed E-state index contributed by atoms with van der Waals surface area (Å²) < 4.78 is 0. The second-order valence-electron chi connectivity index (χ2n) is 10.4. The van der Waals surface area contributed by atoms with Crippen molar-refractivity contribution in [1.82, 2.24) is 0 Å². The Balaban J connectivity index is 3.99. The van der Waals surface area contributed by atoms with E-state index in [-0.39, 0.29) is 0 Å². The van der Waals surface area contributed by atoms with Crippen molar-refractivity contribution in [2.24, 2.45) is 0 Å². The summed E-state index contributed by atoms with van der Waals surface area (Å²) in [7, 11) is 0. The van der Waals surface area contributed by atoms with Crippen molar-refractivity contribution in [1.29, 1.82) is 0 Å². The molecule has 184 valence electrons. The molecule has 0 saturated heterocycles. The Hall–Kier alpha value is 0.720. The van der Waals surface area contributed by atoms with E-state index in [2.05, 4.69) is 27.7 Å². The van der Waals surface area contributed by atoms with E-state index < -0.39 is 5.96 Å². The molecule has 30 heavy (non-hydrogen) atoms. The molecule has 0 nitrogen and oxygen atoms in total. The van der Waals surface area contributed by atoms with Gasteiger partial charge in [0, 0.05) is 0 Å². The standard InChI is InChI=1S/C28H60ClP/c1-5-9-13-14-15-16-17-18-19-20-21-22-23-24-28-30(29,25-10-6-2,26-11-7-3)27-12-8-4/h5-28H2,1-4H3. The summed E-state index contributed by atoms with van der Waals surface area (Å²) in [4.78, 5) is 0. The molecule has 0 radical (unpaired) electrons. The molecule has 0 amide bonds. The topological polar surface area (TPSA) is 0 Å². The number of halogens is 1. The molecular weight excluding hydrogens is 403 g/mol. The summed E-state index contributed by atoms with van der Waals surface area (Å²) in [5.74, 6) is -1.98. The van der Waals surface area contributed by atoms with Crippen LogP contribution in [0.5, 0.6) is 0 Å². The van der Waals surface area contributed by atoms with Crippen molar-refractivity contribution in [2.75, 3.05) is 24.6 Å². The molecular formula is C28H60ClP. The fourth-order valence-corrected chi connectivity index (χ4v) is 12.1. The van der Waals surface area contributed by atoms with Crippen LogP contribution in [0.1, 0.15) is 156 Å². The Bertz CT molecular complexity index is 330. The SMILES string of the molecule is CCCCCCCCCCCCCCCCP(Cl)(CCCC)(CCCC)CCCC. The predicted molar refractivity (Wildman–Crippen MR) is 147 cm³/mol. The third kappa shape index (κ3) is 16.4. The summed E-state index contributed by atoms with van der Waals surface area (Å²) in [5, 5.41) is 0. The van der Waals surface area contributed by atoms with E-state index in [1.165, 1.54) is 153 Å². The molecule has 0 heterocycles. The van der Waals surface area contributed by atoms with Gasteiger partial charge in [0.25, 0.3) is 0 Å². The van der Waals surface area contributed by atoms with E-state index in [0.29, 0.717) is 0 Å². The van der Waals surface area contributed by atoms with Gasteiger partial charge in [0.1, 0.15) is 0 Å². The minimum absolute atomic E-state index is 1.31. The van der Waals surface area contributed by atoms with Crippen LogP contribution in [0.2, 0.25) is 0 Å². The fraction of sp³-hybridized carbons (Fsp3) is 1.00. The maximum atomic E-state index is 7.72. The molecule has 0 fully saturated rings. The fourth-order valence-electron chi connectivity index (χ4n) is 5.03. The Labute approximate surface area is 197 Å². The summed E-state index contributed by atoms with van der Waals surface area (Å²) in [6.45, 7) is 9.32. The van der Waals surface area contributed by atoms with Crippen LogP contribution in [-0.4, -0.2) is 24.6 Å². The van der Waals surface area contributed by atoms with Crippen molar-refractivity contribution in [3.05, 3.63) is 0 Å². The van der Waals surface area contributed by atoms with Gasteiger partial charge in [0.2, 0.25) is 0 Å². The second kappa shape index (κ2) is 20.3. The Kier molecular flexibility index (Phi) is 20.8. The average molecular weight is 463 g/mol. The molecule has 0 aromatic carbocycles. The molecule has 0 aliphatic rings. The predicted octanol–water partition coefficient (Wildman–Crippen LogP) is 11.6. The molecule has 0 rings (SSSR count). The van der Waals surface area contributed by atoms with Gasteiger partial charge in [-0.3, -0.25) is 0 Å². The van der Waals surface area contributed by atoms with Crippen LogP contribution in [0, 0.1) is 0 Å². The summed E-state index contributed by atoms with van der Waals surface area (Å²) in [5.41, 5.74) is 0. The van der Waals surface area contributed by atoms with Gasteiger partial charge in [-0.1, -0.05) is 26.2 Å². The van der Waals surface area contributed by atoms with Crippen LogP contribution in [0.4, 0.5) is 0 Å². The van der Waals surface area contributed by atoms with Gasteiger partial charge in [-0.05, 0) is 0 Å². The molecule has 0 bridgehead atoms. The molecule has 0 spiro atoms.